The first kappa shape index (κ1) is 24.0. The van der Waals surface area contributed by atoms with E-state index in [4.69, 9.17) is 9.47 Å². The van der Waals surface area contributed by atoms with E-state index in [1.54, 1.807) is 6.07 Å². The van der Waals surface area contributed by atoms with Crippen molar-refractivity contribution in [2.24, 2.45) is 11.8 Å². The molecule has 3 heterocycles. The Morgan fingerprint density at radius 3 is 2.81 bits per heavy atom. The number of nitrogens with one attached hydrogen (secondary N) is 1. The molecule has 8 heteroatoms. The number of esters is 1. The predicted molar refractivity (Wildman–Crippen MR) is 135 cm³/mol. The number of H-pyrrole nitrogens is 1. The van der Waals surface area contributed by atoms with Gasteiger partial charge in [-0.05, 0) is 68.9 Å². The number of allylic oxidation sites excluding steroid dienone is 1. The third kappa shape index (κ3) is 4.59. The Labute approximate surface area is 209 Å². The number of ether oxygens (including phenoxy) is 2. The highest BCUT2D eigenvalue weighted by Gasteiger charge is 2.38. The zero-order valence-electron chi connectivity index (χ0n) is 20.9. The van der Waals surface area contributed by atoms with Gasteiger partial charge in [-0.25, -0.2) is 9.37 Å². The van der Waals surface area contributed by atoms with Crippen LogP contribution in [0.15, 0.2) is 36.5 Å². The zero-order valence-corrected chi connectivity index (χ0v) is 20.9. The van der Waals surface area contributed by atoms with E-state index >= 15 is 0 Å². The molecule has 0 amide bonds. The molecule has 1 aromatic carbocycles. The van der Waals surface area contributed by atoms with Gasteiger partial charge in [0, 0.05) is 41.5 Å². The summed E-state index contributed by atoms with van der Waals surface area (Å²) in [5, 5.41) is 10.5. The fourth-order valence-electron chi connectivity index (χ4n) is 5.39. The molecule has 1 fully saturated rings. The van der Waals surface area contributed by atoms with E-state index in [0.717, 1.165) is 30.6 Å². The number of aromatic amines is 1. The maximum atomic E-state index is 14.2. The average molecular weight is 489 g/mol. The highest BCUT2D eigenvalue weighted by Crippen LogP contribution is 2.43. The molecule has 2 unspecified atom stereocenters. The number of carbonyl (C=O) groups is 1. The number of benzene rings is 1. The number of aromatic nitrogens is 2. The van der Waals surface area contributed by atoms with Gasteiger partial charge in [-0.2, -0.15) is 5.26 Å². The first-order chi connectivity index (χ1) is 17.1. The van der Waals surface area contributed by atoms with Crippen molar-refractivity contribution in [3.63, 3.8) is 0 Å². The van der Waals surface area contributed by atoms with Gasteiger partial charge < -0.3 is 14.5 Å². The number of carbonyl (C=O) groups excluding carboxylic acids is 1. The maximum Gasteiger partial charge on any atom is 0.320 e. The minimum absolute atomic E-state index is 0.193. The van der Waals surface area contributed by atoms with Crippen molar-refractivity contribution in [1.82, 2.24) is 14.9 Å². The molecule has 0 radical (unpaired) electrons. The molecule has 1 N–H and O–H groups in total. The van der Waals surface area contributed by atoms with E-state index < -0.39 is 11.4 Å². The number of methoxy groups -OCH3 is 1. The second kappa shape index (κ2) is 9.07. The Kier molecular flexibility index (Phi) is 6.05. The smallest absolute Gasteiger partial charge is 0.320 e. The lowest BCUT2D eigenvalue weighted by molar-refractivity contribution is -0.155. The Bertz CT molecular complexity index is 1410. The zero-order chi connectivity index (χ0) is 25.6. The van der Waals surface area contributed by atoms with Crippen LogP contribution in [0.2, 0.25) is 0 Å². The van der Waals surface area contributed by atoms with Crippen LogP contribution in [0.25, 0.3) is 27.7 Å². The molecule has 3 aromatic rings. The van der Waals surface area contributed by atoms with Gasteiger partial charge in [-0.15, -0.1) is 0 Å². The number of pyridine rings is 1. The van der Waals surface area contributed by atoms with Gasteiger partial charge in [-0.3, -0.25) is 9.69 Å². The largest absolute Gasteiger partial charge is 0.496 e. The number of hydrogen-bond acceptors (Lipinski definition) is 6. The Morgan fingerprint density at radius 1 is 1.31 bits per heavy atom. The molecular weight excluding hydrogens is 459 g/mol. The van der Waals surface area contributed by atoms with Gasteiger partial charge in [0.15, 0.2) is 0 Å². The predicted octanol–water partition coefficient (Wildman–Crippen LogP) is 4.93. The van der Waals surface area contributed by atoms with E-state index in [0.29, 0.717) is 46.5 Å². The van der Waals surface area contributed by atoms with Crippen LogP contribution in [0.5, 0.6) is 5.75 Å². The molecule has 2 atom stereocenters. The number of fused-ring (bicyclic) bond motifs is 2. The quantitative estimate of drug-likeness (QED) is 0.513. The molecule has 1 aliphatic heterocycles. The summed E-state index contributed by atoms with van der Waals surface area (Å²) < 4.78 is 25.1. The third-order valence-corrected chi connectivity index (χ3v) is 6.79. The SMILES string of the molecule is COc1ccc(F)cc1-c1c(C#N)cnc2[nH]c(C3=CC4CN(CC(=O)OC(C)(C)C)CC4C3)cc12. The van der Waals surface area contributed by atoms with Crippen molar-refractivity contribution < 1.29 is 18.7 Å². The highest BCUT2D eigenvalue weighted by atomic mass is 19.1. The van der Waals surface area contributed by atoms with E-state index in [-0.39, 0.29) is 5.97 Å². The number of nitriles is 1. The van der Waals surface area contributed by atoms with Crippen LogP contribution in [0, 0.1) is 29.0 Å². The molecule has 5 rings (SSSR count). The van der Waals surface area contributed by atoms with Crippen molar-refractivity contribution >= 4 is 22.6 Å². The number of rotatable bonds is 5. The summed E-state index contributed by atoms with van der Waals surface area (Å²) in [5.41, 5.74) is 3.75. The number of hydrogen-bond donors (Lipinski definition) is 1. The Balaban J connectivity index is 1.43. The summed E-state index contributed by atoms with van der Waals surface area (Å²) in [6, 6.07) is 8.47. The van der Waals surface area contributed by atoms with Crippen LogP contribution in [-0.2, 0) is 9.53 Å². The minimum Gasteiger partial charge on any atom is -0.496 e. The number of halogens is 1. The second-order valence-electron chi connectivity index (χ2n) is 10.5. The lowest BCUT2D eigenvalue weighted by atomic mass is 9.97. The molecule has 1 saturated heterocycles. The number of nitrogens with zero attached hydrogens (tertiary/aromatic N) is 3. The van der Waals surface area contributed by atoms with Crippen molar-refractivity contribution in [2.45, 2.75) is 32.8 Å². The summed E-state index contributed by atoms with van der Waals surface area (Å²) in [6.07, 6.45) is 4.67. The van der Waals surface area contributed by atoms with Crippen molar-refractivity contribution in [2.75, 3.05) is 26.7 Å². The molecule has 7 nitrogen and oxygen atoms in total. The van der Waals surface area contributed by atoms with E-state index in [9.17, 15) is 14.4 Å². The lowest BCUT2D eigenvalue weighted by Gasteiger charge is -2.22. The summed E-state index contributed by atoms with van der Waals surface area (Å²) in [4.78, 5) is 22.3. The monoisotopic (exact) mass is 488 g/mol. The number of likely N-dealkylation sites (tertiary alicyclic amines) is 1. The molecule has 2 aromatic heterocycles. The van der Waals surface area contributed by atoms with Crippen molar-refractivity contribution in [3.05, 3.63) is 53.6 Å². The topological polar surface area (TPSA) is 91.2 Å². The molecule has 2 aliphatic rings. The first-order valence-corrected chi connectivity index (χ1v) is 12.1. The van der Waals surface area contributed by atoms with Crippen LogP contribution in [0.4, 0.5) is 4.39 Å². The third-order valence-electron chi connectivity index (χ3n) is 6.79. The second-order valence-corrected chi connectivity index (χ2v) is 10.5. The maximum absolute atomic E-state index is 14.2. The van der Waals surface area contributed by atoms with Crippen molar-refractivity contribution in [3.8, 4) is 22.9 Å². The van der Waals surface area contributed by atoms with E-state index in [1.165, 1.54) is 31.0 Å². The van der Waals surface area contributed by atoms with Crippen LogP contribution in [-0.4, -0.2) is 53.2 Å². The summed E-state index contributed by atoms with van der Waals surface area (Å²) in [7, 11) is 1.53. The van der Waals surface area contributed by atoms with E-state index in [1.807, 2.05) is 26.8 Å². The van der Waals surface area contributed by atoms with Gasteiger partial charge >= 0.3 is 5.97 Å². The molecule has 0 spiro atoms. The molecule has 36 heavy (non-hydrogen) atoms. The summed E-state index contributed by atoms with van der Waals surface area (Å²) >= 11 is 0. The van der Waals surface area contributed by atoms with Crippen LogP contribution < -0.4 is 4.74 Å². The summed E-state index contributed by atoms with van der Waals surface area (Å²) in [5.74, 6) is 0.681. The fraction of sp³-hybridized carbons (Fsp3) is 0.393. The van der Waals surface area contributed by atoms with Gasteiger partial charge in [-0.1, -0.05) is 6.08 Å². The Morgan fingerprint density at radius 2 is 2.11 bits per heavy atom. The molecular formula is C28H29FN4O3. The normalized spacial score (nSPS) is 19.7. The fourth-order valence-corrected chi connectivity index (χ4v) is 5.39. The summed E-state index contributed by atoms with van der Waals surface area (Å²) in [6.45, 7) is 7.60. The van der Waals surface area contributed by atoms with Gasteiger partial charge in [0.25, 0.3) is 0 Å². The highest BCUT2D eigenvalue weighted by molar-refractivity contribution is 5.99. The van der Waals surface area contributed by atoms with Gasteiger partial charge in [0.05, 0.1) is 19.2 Å². The van der Waals surface area contributed by atoms with Crippen molar-refractivity contribution in [1.29, 1.82) is 5.26 Å². The Hall–Kier alpha value is -3.70. The van der Waals surface area contributed by atoms with Crippen LogP contribution in [0.3, 0.4) is 0 Å². The lowest BCUT2D eigenvalue weighted by Crippen LogP contribution is -2.34. The average Bonchev–Trinajstić information content (AvgIpc) is 3.49. The standard InChI is InChI=1S/C28H29FN4O3/c1-28(2,3)36-25(34)15-33-13-17-7-16(8-18(17)14-33)23-10-22-26(19(11-30)12-31-27(22)32-23)21-9-20(29)5-6-24(21)35-4/h5-7,9-10,12,17-18H,8,13-15H2,1-4H3,(H,31,32). The molecule has 186 valence electrons. The van der Waals surface area contributed by atoms with Crippen LogP contribution in [0.1, 0.15) is 38.4 Å². The molecule has 1 aliphatic carbocycles. The molecule has 0 bridgehead atoms. The minimum atomic E-state index is -0.483. The van der Waals surface area contributed by atoms with Crippen LogP contribution >= 0.6 is 0 Å². The van der Waals surface area contributed by atoms with E-state index in [2.05, 4.69) is 27.0 Å². The van der Waals surface area contributed by atoms with Gasteiger partial charge in [0.2, 0.25) is 0 Å². The van der Waals surface area contributed by atoms with Gasteiger partial charge in [0.1, 0.15) is 28.9 Å². The molecule has 0 saturated carbocycles. The first-order valence-electron chi connectivity index (χ1n) is 12.1.